The number of imide groups is 2. The van der Waals surface area contributed by atoms with Crippen LogP contribution in [-0.2, 0) is 19.2 Å². The summed E-state index contributed by atoms with van der Waals surface area (Å²) in [7, 11) is 0. The average Bonchev–Trinajstić information content (AvgIpc) is 3.42. The lowest BCUT2D eigenvalue weighted by Gasteiger charge is -2.44. The molecule has 42 heavy (non-hydrogen) atoms. The van der Waals surface area contributed by atoms with Crippen molar-refractivity contribution >= 4 is 35.0 Å². The quantitative estimate of drug-likeness (QED) is 0.353. The van der Waals surface area contributed by atoms with Crippen LogP contribution < -0.4 is 14.5 Å². The lowest BCUT2D eigenvalue weighted by atomic mass is 9.57. The van der Waals surface area contributed by atoms with Crippen LogP contribution in [0, 0.1) is 29.6 Å². The zero-order valence-corrected chi connectivity index (χ0v) is 23.1. The molecule has 2 aliphatic heterocycles. The molecule has 8 nitrogen and oxygen atoms in total. The smallest absolute Gasteiger partial charge is 0.238 e. The van der Waals surface area contributed by atoms with E-state index in [1.54, 1.807) is 66.7 Å². The Kier molecular flexibility index (Phi) is 6.22. The van der Waals surface area contributed by atoms with E-state index in [1.807, 2.05) is 25.1 Å². The van der Waals surface area contributed by atoms with Crippen LogP contribution in [0.25, 0.3) is 0 Å². The maximum atomic E-state index is 14.1. The third-order valence-electron chi connectivity index (χ3n) is 9.32. The number of fused-ring (bicyclic) bond motifs is 4. The molecule has 4 amide bonds. The van der Waals surface area contributed by atoms with Crippen molar-refractivity contribution in [1.82, 2.24) is 0 Å². The second-order valence-corrected chi connectivity index (χ2v) is 11.4. The molecule has 212 valence electrons. The molecule has 1 N–H and O–H groups in total. The third-order valence-corrected chi connectivity index (χ3v) is 9.32. The number of amides is 4. The van der Waals surface area contributed by atoms with E-state index < -0.39 is 35.5 Å². The molecule has 3 aromatic rings. The van der Waals surface area contributed by atoms with Crippen LogP contribution in [0.15, 0.2) is 90.5 Å². The Labute approximate surface area is 243 Å². The fourth-order valence-corrected chi connectivity index (χ4v) is 7.62. The van der Waals surface area contributed by atoms with Gasteiger partial charge in [0.1, 0.15) is 0 Å². The number of para-hydroxylation sites is 2. The fourth-order valence-electron chi connectivity index (χ4n) is 7.62. The first-order chi connectivity index (χ1) is 20.4. The van der Waals surface area contributed by atoms with Gasteiger partial charge in [0.15, 0.2) is 11.5 Å². The summed E-state index contributed by atoms with van der Waals surface area (Å²) in [4.78, 5) is 58.3. The number of hydrogen-bond donors (Lipinski definition) is 1. The number of allylic oxidation sites excluding steroid dienone is 2. The Morgan fingerprint density at radius 2 is 1.33 bits per heavy atom. The van der Waals surface area contributed by atoms with Crippen molar-refractivity contribution in [2.45, 2.75) is 25.7 Å². The zero-order valence-electron chi connectivity index (χ0n) is 23.1. The molecule has 3 fully saturated rings. The number of benzene rings is 3. The Hall–Kier alpha value is -4.72. The molecule has 0 aromatic heterocycles. The molecule has 2 heterocycles. The van der Waals surface area contributed by atoms with Crippen molar-refractivity contribution < 1.29 is 29.0 Å². The van der Waals surface area contributed by atoms with Gasteiger partial charge >= 0.3 is 0 Å². The van der Waals surface area contributed by atoms with E-state index in [0.717, 1.165) is 11.1 Å². The summed E-state index contributed by atoms with van der Waals surface area (Å²) in [5.74, 6) is -4.21. The predicted molar refractivity (Wildman–Crippen MR) is 155 cm³/mol. The molecule has 6 unspecified atom stereocenters. The number of rotatable bonds is 5. The molecule has 4 aliphatic rings. The van der Waals surface area contributed by atoms with Crippen molar-refractivity contribution in [2.24, 2.45) is 29.6 Å². The van der Waals surface area contributed by atoms with Gasteiger partial charge in [-0.1, -0.05) is 54.1 Å². The number of hydrogen-bond acceptors (Lipinski definition) is 6. The fraction of sp³-hybridized carbons (Fsp3) is 0.294. The van der Waals surface area contributed by atoms with Gasteiger partial charge in [0.05, 0.1) is 41.7 Å². The second kappa shape index (κ2) is 9.98. The molecular formula is C34H30N2O6. The van der Waals surface area contributed by atoms with Gasteiger partial charge in [0.2, 0.25) is 23.6 Å². The molecule has 7 rings (SSSR count). The number of carbonyl (C=O) groups is 4. The summed E-state index contributed by atoms with van der Waals surface area (Å²) in [5, 5.41) is 10.4. The highest BCUT2D eigenvalue weighted by Crippen LogP contribution is 2.58. The lowest BCUT2D eigenvalue weighted by Crippen LogP contribution is -2.43. The number of phenolic OH excluding ortho intramolecular Hbond substituents is 1. The average molecular weight is 563 g/mol. The van der Waals surface area contributed by atoms with E-state index in [4.69, 9.17) is 4.74 Å². The normalized spacial score (nSPS) is 28.4. The third kappa shape index (κ3) is 3.81. The first-order valence-electron chi connectivity index (χ1n) is 14.4. The molecule has 3 aromatic carbocycles. The monoisotopic (exact) mass is 562 g/mol. The van der Waals surface area contributed by atoms with Gasteiger partial charge in [0, 0.05) is 5.92 Å². The van der Waals surface area contributed by atoms with Crippen LogP contribution in [0.1, 0.15) is 31.2 Å². The van der Waals surface area contributed by atoms with E-state index in [1.165, 1.54) is 9.80 Å². The summed E-state index contributed by atoms with van der Waals surface area (Å²) < 4.78 is 5.68. The second-order valence-electron chi connectivity index (χ2n) is 11.4. The first kappa shape index (κ1) is 26.2. The van der Waals surface area contributed by atoms with Gasteiger partial charge in [-0.3, -0.25) is 29.0 Å². The van der Waals surface area contributed by atoms with E-state index >= 15 is 0 Å². The maximum Gasteiger partial charge on any atom is 0.238 e. The standard InChI is InChI=1S/C34H30N2O6/c1-2-42-27-17-19(13-16-26(27)37)28-22-14-15-23-29(33(40)35(31(23)38)20-9-5-3-6-10-20)24(22)18-25-30(28)34(41)36(32(25)39)21-11-7-4-8-12-21/h3-14,16-17,23-25,28-30,37H,2,15,18H2,1H3. The number of nitrogens with zero attached hydrogens (tertiary/aromatic N) is 2. The number of phenols is 1. The van der Waals surface area contributed by atoms with Gasteiger partial charge in [-0.2, -0.15) is 0 Å². The van der Waals surface area contributed by atoms with Crippen molar-refractivity contribution in [3.8, 4) is 11.5 Å². The summed E-state index contributed by atoms with van der Waals surface area (Å²) in [6, 6.07) is 22.9. The van der Waals surface area contributed by atoms with E-state index in [0.29, 0.717) is 36.6 Å². The zero-order chi connectivity index (χ0) is 29.1. The van der Waals surface area contributed by atoms with Gasteiger partial charge in [-0.25, -0.2) is 0 Å². The summed E-state index contributed by atoms with van der Waals surface area (Å²) in [6.45, 7) is 2.16. The SMILES string of the molecule is CCOc1cc(C2C3=CCC4C(=O)N(c5ccccc5)C(=O)C4C3CC3C(=O)N(c4ccccc4)C(=O)C32)ccc1O. The van der Waals surface area contributed by atoms with E-state index in [9.17, 15) is 24.3 Å². The molecule has 0 radical (unpaired) electrons. The Balaban J connectivity index is 1.35. The van der Waals surface area contributed by atoms with Crippen molar-refractivity contribution in [1.29, 1.82) is 0 Å². The van der Waals surface area contributed by atoms with Gasteiger partial charge in [0.25, 0.3) is 0 Å². The van der Waals surface area contributed by atoms with Crippen LogP contribution in [-0.4, -0.2) is 35.3 Å². The van der Waals surface area contributed by atoms with Crippen molar-refractivity contribution in [3.63, 3.8) is 0 Å². The van der Waals surface area contributed by atoms with Gasteiger partial charge in [-0.05, 0) is 67.6 Å². The van der Waals surface area contributed by atoms with E-state index in [-0.39, 0.29) is 29.4 Å². The van der Waals surface area contributed by atoms with Crippen LogP contribution in [0.4, 0.5) is 11.4 Å². The molecule has 2 saturated heterocycles. The van der Waals surface area contributed by atoms with E-state index in [2.05, 4.69) is 0 Å². The lowest BCUT2D eigenvalue weighted by molar-refractivity contribution is -0.126. The van der Waals surface area contributed by atoms with Crippen molar-refractivity contribution in [3.05, 3.63) is 96.1 Å². The maximum absolute atomic E-state index is 14.1. The van der Waals surface area contributed by atoms with Crippen LogP contribution in [0.5, 0.6) is 11.5 Å². The Morgan fingerprint density at radius 1 is 0.738 bits per heavy atom. The number of ether oxygens (including phenoxy) is 1. The number of aromatic hydroxyl groups is 1. The molecule has 1 saturated carbocycles. The number of carbonyl (C=O) groups excluding carboxylic acids is 4. The summed E-state index contributed by atoms with van der Waals surface area (Å²) in [6.07, 6.45) is 2.70. The van der Waals surface area contributed by atoms with Crippen LogP contribution in [0.2, 0.25) is 0 Å². The minimum Gasteiger partial charge on any atom is -0.504 e. The largest absolute Gasteiger partial charge is 0.504 e. The minimum absolute atomic E-state index is 0.0167. The highest BCUT2D eigenvalue weighted by atomic mass is 16.5. The summed E-state index contributed by atoms with van der Waals surface area (Å²) in [5.41, 5.74) is 2.68. The van der Waals surface area contributed by atoms with Gasteiger partial charge < -0.3 is 9.84 Å². The molecule has 8 heteroatoms. The highest BCUT2D eigenvalue weighted by Gasteiger charge is 2.62. The molecule has 6 atom stereocenters. The number of anilines is 2. The Bertz CT molecular complexity index is 1630. The van der Waals surface area contributed by atoms with Crippen LogP contribution >= 0.6 is 0 Å². The van der Waals surface area contributed by atoms with Crippen LogP contribution in [0.3, 0.4) is 0 Å². The van der Waals surface area contributed by atoms with Crippen molar-refractivity contribution in [2.75, 3.05) is 16.4 Å². The minimum atomic E-state index is -0.687. The molecule has 0 spiro atoms. The highest BCUT2D eigenvalue weighted by molar-refractivity contribution is 6.24. The predicted octanol–water partition coefficient (Wildman–Crippen LogP) is 4.84. The first-order valence-corrected chi connectivity index (χ1v) is 14.4. The summed E-state index contributed by atoms with van der Waals surface area (Å²) >= 11 is 0. The Morgan fingerprint density at radius 3 is 1.95 bits per heavy atom. The molecule has 0 bridgehead atoms. The molecular weight excluding hydrogens is 532 g/mol. The van der Waals surface area contributed by atoms with Gasteiger partial charge in [-0.15, -0.1) is 0 Å². The molecule has 2 aliphatic carbocycles. The topological polar surface area (TPSA) is 104 Å².